The van der Waals surface area contributed by atoms with E-state index in [0.29, 0.717) is 6.42 Å². The molecule has 3 atom stereocenters. The van der Waals surface area contributed by atoms with Crippen molar-refractivity contribution in [1.29, 1.82) is 0 Å². The fourth-order valence-electron chi connectivity index (χ4n) is 4.85. The van der Waals surface area contributed by atoms with Gasteiger partial charge in [0.1, 0.15) is 17.8 Å². The van der Waals surface area contributed by atoms with E-state index >= 15 is 0 Å². The average molecular weight is 552 g/mol. The summed E-state index contributed by atoms with van der Waals surface area (Å²) < 4.78 is 11.0. The molecule has 0 saturated carbocycles. The van der Waals surface area contributed by atoms with E-state index in [1.54, 1.807) is 0 Å². The summed E-state index contributed by atoms with van der Waals surface area (Å²) in [6.45, 7) is 0.308. The summed E-state index contributed by atoms with van der Waals surface area (Å²) in [6, 6.07) is 12.1. The number of phenolic OH excluding ortho intramolecular Hbond substituents is 1. The van der Waals surface area contributed by atoms with Gasteiger partial charge in [0, 0.05) is 18.5 Å². The molecule has 0 aromatic heterocycles. The van der Waals surface area contributed by atoms with Crippen LogP contribution in [0.25, 0.3) is 0 Å². The minimum Gasteiger partial charge on any atom is -0.508 e. The van der Waals surface area contributed by atoms with Gasteiger partial charge in [-0.1, -0.05) is 30.3 Å². The number of carbonyl (C=O) groups is 5. The summed E-state index contributed by atoms with van der Waals surface area (Å²) in [6.07, 6.45) is -0.450. The number of nitrogens with one attached hydrogen (secondary N) is 2. The molecule has 1 unspecified atom stereocenters. The molecule has 40 heavy (non-hydrogen) atoms. The van der Waals surface area contributed by atoms with Crippen molar-refractivity contribution in [1.82, 2.24) is 25.8 Å². The summed E-state index contributed by atoms with van der Waals surface area (Å²) in [4.78, 5) is 64.8. The Hall–Kier alpha value is -4.65. The van der Waals surface area contributed by atoms with Gasteiger partial charge >= 0.3 is 12.0 Å². The molecule has 0 radical (unpaired) electrons. The monoisotopic (exact) mass is 551 g/mol. The first kappa shape index (κ1) is 26.9. The molecular weight excluding hydrogens is 522 g/mol. The highest BCUT2D eigenvalue weighted by Gasteiger charge is 2.46. The van der Waals surface area contributed by atoms with E-state index in [4.69, 9.17) is 9.47 Å². The van der Waals surface area contributed by atoms with Crippen molar-refractivity contribution >= 4 is 29.7 Å². The number of benzene rings is 2. The van der Waals surface area contributed by atoms with Crippen LogP contribution in [0.5, 0.6) is 5.75 Å². The Labute approximate surface area is 229 Å². The van der Waals surface area contributed by atoms with Gasteiger partial charge < -0.3 is 19.9 Å². The molecule has 13 nitrogen and oxygen atoms in total. The maximum absolute atomic E-state index is 13.6. The summed E-state index contributed by atoms with van der Waals surface area (Å²) in [5.41, 5.74) is 3.56. The Morgan fingerprint density at radius 1 is 1.02 bits per heavy atom. The Morgan fingerprint density at radius 2 is 1.77 bits per heavy atom. The molecule has 2 aromatic carbocycles. The van der Waals surface area contributed by atoms with Crippen molar-refractivity contribution in [2.24, 2.45) is 0 Å². The quantitative estimate of drug-likeness (QED) is 0.431. The van der Waals surface area contributed by atoms with Crippen LogP contribution < -0.4 is 10.7 Å². The van der Waals surface area contributed by atoms with Gasteiger partial charge in [-0.2, -0.15) is 0 Å². The maximum atomic E-state index is 13.6. The number of hydrogen-bond acceptors (Lipinski definition) is 8. The van der Waals surface area contributed by atoms with Crippen molar-refractivity contribution in [3.8, 4) is 5.75 Å². The smallest absolute Gasteiger partial charge is 0.358 e. The first-order valence-electron chi connectivity index (χ1n) is 13.0. The minimum absolute atomic E-state index is 0.0205. The van der Waals surface area contributed by atoms with Crippen LogP contribution in [0.3, 0.4) is 0 Å². The van der Waals surface area contributed by atoms with Crippen LogP contribution in [0, 0.1) is 0 Å². The number of urea groups is 1. The number of cyclic esters (lactones) is 1. The maximum Gasteiger partial charge on any atom is 0.358 e. The molecule has 3 heterocycles. The van der Waals surface area contributed by atoms with Crippen molar-refractivity contribution in [2.45, 2.75) is 50.7 Å². The molecule has 13 heteroatoms. The van der Waals surface area contributed by atoms with Gasteiger partial charge in [-0.15, -0.1) is 0 Å². The van der Waals surface area contributed by atoms with Gasteiger partial charge in [0.15, 0.2) is 0 Å². The van der Waals surface area contributed by atoms with E-state index in [1.807, 2.05) is 30.3 Å². The SMILES string of the molecule is O=C1C[C@H](NC(=O)[C@@H]2CCCN3C(=O)CCN(NC(=O)c4ccc(O)cc4)C(=O)N23)C(OCc2ccccc2)O1. The van der Waals surface area contributed by atoms with Crippen molar-refractivity contribution < 1.29 is 38.6 Å². The standard InChI is InChI=1S/C27H29N5O8/c33-19-10-8-18(9-11-19)24(36)29-30-14-12-22(34)31-13-4-7-21(32(31)27(30)38)25(37)28-20-15-23(35)40-26(20)39-16-17-5-2-1-3-6-17/h1-3,5-6,8-11,20-21,26,33H,4,7,12-16H2,(H,28,37)(H,29,36)/t20-,21-,26?/m0/s1. The number of rotatable bonds is 7. The van der Waals surface area contributed by atoms with Crippen LogP contribution in [-0.4, -0.2) is 81.3 Å². The highest BCUT2D eigenvalue weighted by Crippen LogP contribution is 2.25. The highest BCUT2D eigenvalue weighted by atomic mass is 16.7. The number of hydrazine groups is 2. The van der Waals surface area contributed by atoms with Crippen LogP contribution >= 0.6 is 0 Å². The van der Waals surface area contributed by atoms with Gasteiger partial charge in [0.05, 0.1) is 19.6 Å². The van der Waals surface area contributed by atoms with Crippen LogP contribution in [0.1, 0.15) is 41.6 Å². The Bertz CT molecular complexity index is 1290. The minimum atomic E-state index is -1.07. The van der Waals surface area contributed by atoms with Gasteiger partial charge in [0.2, 0.25) is 18.1 Å². The third-order valence-corrected chi connectivity index (χ3v) is 6.88. The lowest BCUT2D eigenvalue weighted by molar-refractivity contribution is -0.169. The summed E-state index contributed by atoms with van der Waals surface area (Å²) in [7, 11) is 0. The van der Waals surface area contributed by atoms with E-state index in [9.17, 15) is 29.1 Å². The first-order valence-corrected chi connectivity index (χ1v) is 13.0. The second-order valence-electron chi connectivity index (χ2n) is 9.67. The van der Waals surface area contributed by atoms with Gasteiger partial charge in [-0.25, -0.2) is 19.8 Å². The molecule has 5 amide bonds. The largest absolute Gasteiger partial charge is 0.508 e. The summed E-state index contributed by atoms with van der Waals surface area (Å²) >= 11 is 0. The molecule has 0 aliphatic carbocycles. The van der Waals surface area contributed by atoms with E-state index in [-0.39, 0.29) is 56.2 Å². The van der Waals surface area contributed by atoms with Gasteiger partial charge in [-0.05, 0) is 42.7 Å². The molecule has 3 fully saturated rings. The van der Waals surface area contributed by atoms with Crippen molar-refractivity contribution in [2.75, 3.05) is 13.1 Å². The molecule has 5 rings (SSSR count). The topological polar surface area (TPSA) is 158 Å². The Kier molecular flexibility index (Phi) is 7.82. The summed E-state index contributed by atoms with van der Waals surface area (Å²) in [5, 5.41) is 15.6. The number of amides is 5. The normalized spacial score (nSPS) is 22.9. The van der Waals surface area contributed by atoms with Crippen LogP contribution in [-0.2, 0) is 30.5 Å². The molecule has 3 saturated heterocycles. The predicted molar refractivity (Wildman–Crippen MR) is 137 cm³/mol. The number of esters is 1. The van der Waals surface area contributed by atoms with Crippen molar-refractivity contribution in [3.63, 3.8) is 0 Å². The number of fused-ring (bicyclic) bond motifs is 1. The Morgan fingerprint density at radius 3 is 2.52 bits per heavy atom. The highest BCUT2D eigenvalue weighted by molar-refractivity contribution is 5.96. The molecule has 0 spiro atoms. The number of ether oxygens (including phenoxy) is 2. The van der Waals surface area contributed by atoms with Crippen LogP contribution in [0.4, 0.5) is 4.79 Å². The lowest BCUT2D eigenvalue weighted by Gasteiger charge is -2.43. The fraction of sp³-hybridized carbons (Fsp3) is 0.370. The first-order chi connectivity index (χ1) is 19.3. The zero-order chi connectivity index (χ0) is 28.2. The third-order valence-electron chi connectivity index (χ3n) is 6.88. The molecule has 3 N–H and O–H groups in total. The lowest BCUT2D eigenvalue weighted by Crippen LogP contribution is -2.65. The van der Waals surface area contributed by atoms with Gasteiger partial charge in [0.25, 0.3) is 5.91 Å². The number of phenols is 1. The number of nitrogens with zero attached hydrogens (tertiary/aromatic N) is 3. The molecule has 3 aliphatic rings. The fourth-order valence-corrected chi connectivity index (χ4v) is 4.85. The third kappa shape index (κ3) is 5.83. The second-order valence-corrected chi connectivity index (χ2v) is 9.67. The lowest BCUT2D eigenvalue weighted by atomic mass is 10.1. The van der Waals surface area contributed by atoms with E-state index in [2.05, 4.69) is 10.7 Å². The van der Waals surface area contributed by atoms with Gasteiger partial charge in [-0.3, -0.25) is 24.6 Å². The number of aromatic hydroxyl groups is 1. The molecule has 2 aromatic rings. The van der Waals surface area contributed by atoms with E-state index in [0.717, 1.165) is 15.6 Å². The zero-order valence-electron chi connectivity index (χ0n) is 21.5. The summed E-state index contributed by atoms with van der Waals surface area (Å²) in [5.74, 6) is -2.11. The zero-order valence-corrected chi connectivity index (χ0v) is 21.5. The van der Waals surface area contributed by atoms with Crippen LogP contribution in [0.15, 0.2) is 54.6 Å². The number of hydrogen-bond donors (Lipinski definition) is 3. The second kappa shape index (κ2) is 11.6. The predicted octanol–water partition coefficient (Wildman–Crippen LogP) is 1.05. The molecular formula is C27H29N5O8. The number of carbonyl (C=O) groups excluding carboxylic acids is 5. The van der Waals surface area contributed by atoms with Crippen molar-refractivity contribution in [3.05, 3.63) is 65.7 Å². The average Bonchev–Trinajstić information content (AvgIpc) is 3.26. The van der Waals surface area contributed by atoms with E-state index in [1.165, 1.54) is 29.3 Å². The van der Waals surface area contributed by atoms with Crippen LogP contribution in [0.2, 0.25) is 0 Å². The molecule has 3 aliphatic heterocycles. The molecule has 210 valence electrons. The Balaban J connectivity index is 1.29. The molecule has 0 bridgehead atoms. The van der Waals surface area contributed by atoms with E-state index < -0.39 is 42.2 Å².